The normalized spacial score (nSPS) is 21.6. The standard InChI is InChI=1S/C16H16N2/c1-10-11(2)17-13-7-5-9-18-14-8-4-3-6-12(14)15(10)16(13)18/h3-4,6-8,10H,5,9H2,1-2H3. The maximum atomic E-state index is 4.79. The first-order chi connectivity index (χ1) is 8.77. The zero-order valence-corrected chi connectivity index (χ0v) is 10.8. The Morgan fingerprint density at radius 1 is 1.28 bits per heavy atom. The molecule has 0 fully saturated rings. The van der Waals surface area contributed by atoms with Crippen LogP contribution < -0.4 is 0 Å². The molecule has 1 atom stereocenters. The predicted molar refractivity (Wildman–Crippen MR) is 76.1 cm³/mol. The molecule has 0 aliphatic carbocycles. The van der Waals surface area contributed by atoms with Crippen LogP contribution in [0.25, 0.3) is 16.6 Å². The van der Waals surface area contributed by atoms with Gasteiger partial charge in [0.2, 0.25) is 0 Å². The molecule has 2 nitrogen and oxygen atoms in total. The van der Waals surface area contributed by atoms with E-state index in [1.165, 1.54) is 33.6 Å². The van der Waals surface area contributed by atoms with E-state index in [-0.39, 0.29) is 0 Å². The Morgan fingerprint density at radius 2 is 2.11 bits per heavy atom. The fourth-order valence-electron chi connectivity index (χ4n) is 3.30. The summed E-state index contributed by atoms with van der Waals surface area (Å²) in [6.45, 7) is 5.50. The van der Waals surface area contributed by atoms with Crippen LogP contribution >= 0.6 is 0 Å². The lowest BCUT2D eigenvalue weighted by Gasteiger charge is -2.24. The Balaban J connectivity index is 2.19. The molecule has 0 N–H and O–H groups in total. The lowest BCUT2D eigenvalue weighted by atomic mass is 9.90. The predicted octanol–water partition coefficient (Wildman–Crippen LogP) is 3.96. The van der Waals surface area contributed by atoms with Gasteiger partial charge in [-0.25, -0.2) is 0 Å². The van der Waals surface area contributed by atoms with Gasteiger partial charge in [-0.3, -0.25) is 4.99 Å². The summed E-state index contributed by atoms with van der Waals surface area (Å²) in [7, 11) is 0. The van der Waals surface area contributed by atoms with Crippen LogP contribution in [0.15, 0.2) is 35.3 Å². The number of fused-ring (bicyclic) bond motifs is 3. The molecule has 2 heteroatoms. The van der Waals surface area contributed by atoms with E-state index < -0.39 is 0 Å². The van der Waals surface area contributed by atoms with Crippen molar-refractivity contribution in [3.05, 3.63) is 41.6 Å². The summed E-state index contributed by atoms with van der Waals surface area (Å²) < 4.78 is 2.45. The van der Waals surface area contributed by atoms with Crippen molar-refractivity contribution < 1.29 is 0 Å². The van der Waals surface area contributed by atoms with Crippen LogP contribution in [-0.4, -0.2) is 10.3 Å². The maximum Gasteiger partial charge on any atom is 0.0830 e. The van der Waals surface area contributed by atoms with Crippen molar-refractivity contribution in [1.29, 1.82) is 0 Å². The lowest BCUT2D eigenvalue weighted by molar-refractivity contribution is 0.703. The first-order valence-electron chi connectivity index (χ1n) is 6.64. The van der Waals surface area contributed by atoms with E-state index in [2.05, 4.69) is 48.8 Å². The van der Waals surface area contributed by atoms with Crippen LogP contribution in [0.4, 0.5) is 0 Å². The molecule has 0 amide bonds. The Bertz CT molecular complexity index is 716. The zero-order valence-electron chi connectivity index (χ0n) is 10.8. The first-order valence-corrected chi connectivity index (χ1v) is 6.64. The van der Waals surface area contributed by atoms with Gasteiger partial charge in [0.05, 0.1) is 11.4 Å². The highest BCUT2D eigenvalue weighted by Gasteiger charge is 2.29. The van der Waals surface area contributed by atoms with Gasteiger partial charge in [-0.05, 0) is 25.0 Å². The summed E-state index contributed by atoms with van der Waals surface area (Å²) >= 11 is 0. The third-order valence-electron chi connectivity index (χ3n) is 4.30. The summed E-state index contributed by atoms with van der Waals surface area (Å²) in [5.41, 5.74) is 6.62. The van der Waals surface area contributed by atoms with E-state index in [9.17, 15) is 0 Å². The second-order valence-electron chi connectivity index (χ2n) is 5.28. The molecular formula is C16H16N2. The van der Waals surface area contributed by atoms with Gasteiger partial charge in [-0.2, -0.15) is 0 Å². The summed E-state index contributed by atoms with van der Waals surface area (Å²) in [5, 5.41) is 1.40. The number of aryl methyl sites for hydroxylation is 1. The van der Waals surface area contributed by atoms with Gasteiger partial charge in [-0.15, -0.1) is 0 Å². The second-order valence-corrected chi connectivity index (χ2v) is 5.28. The Labute approximate surface area is 107 Å². The van der Waals surface area contributed by atoms with E-state index in [4.69, 9.17) is 4.99 Å². The highest BCUT2D eigenvalue weighted by Crippen LogP contribution is 2.42. The molecule has 0 radical (unpaired) electrons. The molecule has 2 aromatic rings. The molecule has 90 valence electrons. The summed E-state index contributed by atoms with van der Waals surface area (Å²) in [6, 6.07) is 8.76. The number of nitrogens with zero attached hydrogens (tertiary/aromatic N) is 2. The van der Waals surface area contributed by atoms with Gasteiger partial charge in [0, 0.05) is 29.1 Å². The van der Waals surface area contributed by atoms with Crippen molar-refractivity contribution in [2.75, 3.05) is 0 Å². The third kappa shape index (κ3) is 1.10. The third-order valence-corrected chi connectivity index (χ3v) is 4.30. The number of allylic oxidation sites excluding steroid dienone is 1. The largest absolute Gasteiger partial charge is 0.339 e. The minimum absolute atomic E-state index is 0.432. The van der Waals surface area contributed by atoms with Gasteiger partial charge < -0.3 is 4.57 Å². The average molecular weight is 236 g/mol. The van der Waals surface area contributed by atoms with Crippen LogP contribution in [0, 0.1) is 0 Å². The van der Waals surface area contributed by atoms with Gasteiger partial charge in [-0.1, -0.05) is 31.2 Å². The minimum Gasteiger partial charge on any atom is -0.339 e. The zero-order chi connectivity index (χ0) is 12.3. The summed E-state index contributed by atoms with van der Waals surface area (Å²) in [6.07, 6.45) is 3.37. The number of rotatable bonds is 0. The van der Waals surface area contributed by atoms with Crippen LogP contribution in [0.3, 0.4) is 0 Å². The summed E-state index contributed by atoms with van der Waals surface area (Å²) in [4.78, 5) is 4.79. The molecular weight excluding hydrogens is 220 g/mol. The molecule has 18 heavy (non-hydrogen) atoms. The number of benzene rings is 1. The van der Waals surface area contributed by atoms with E-state index in [0.29, 0.717) is 5.92 Å². The molecule has 1 unspecified atom stereocenters. The Kier molecular flexibility index (Phi) is 1.88. The quantitative estimate of drug-likeness (QED) is 0.658. The van der Waals surface area contributed by atoms with E-state index in [1.54, 1.807) is 0 Å². The average Bonchev–Trinajstić information content (AvgIpc) is 2.73. The molecule has 2 aliphatic heterocycles. The van der Waals surface area contributed by atoms with Crippen molar-refractivity contribution in [3.8, 4) is 0 Å². The van der Waals surface area contributed by atoms with Crippen molar-refractivity contribution in [2.45, 2.75) is 32.7 Å². The fourth-order valence-corrected chi connectivity index (χ4v) is 3.30. The molecule has 3 heterocycles. The molecule has 4 rings (SSSR count). The van der Waals surface area contributed by atoms with E-state index in [0.717, 1.165) is 13.0 Å². The molecule has 1 aromatic heterocycles. The van der Waals surface area contributed by atoms with Gasteiger partial charge in [0.15, 0.2) is 0 Å². The molecule has 0 saturated heterocycles. The number of para-hydroxylation sites is 1. The smallest absolute Gasteiger partial charge is 0.0830 e. The Hall–Kier alpha value is -1.83. The van der Waals surface area contributed by atoms with Crippen molar-refractivity contribution in [3.63, 3.8) is 0 Å². The van der Waals surface area contributed by atoms with E-state index >= 15 is 0 Å². The topological polar surface area (TPSA) is 17.3 Å². The minimum atomic E-state index is 0.432. The van der Waals surface area contributed by atoms with E-state index in [1.807, 2.05) is 0 Å². The lowest BCUT2D eigenvalue weighted by Crippen LogP contribution is -2.16. The SMILES string of the molecule is CC1=NC2=CCCn3c2c(c2ccccc23)C1C. The number of hydrogen-bond acceptors (Lipinski definition) is 1. The Morgan fingerprint density at radius 3 is 3.00 bits per heavy atom. The van der Waals surface area contributed by atoms with Crippen LogP contribution in [0.5, 0.6) is 0 Å². The molecule has 2 aliphatic rings. The van der Waals surface area contributed by atoms with Gasteiger partial charge in [0.25, 0.3) is 0 Å². The monoisotopic (exact) mass is 236 g/mol. The van der Waals surface area contributed by atoms with Crippen LogP contribution in [-0.2, 0) is 6.54 Å². The molecule has 0 saturated carbocycles. The summed E-state index contributed by atoms with van der Waals surface area (Å²) in [5.74, 6) is 0.432. The van der Waals surface area contributed by atoms with Crippen molar-refractivity contribution >= 4 is 22.3 Å². The number of hydrogen-bond donors (Lipinski definition) is 0. The highest BCUT2D eigenvalue weighted by atomic mass is 15.0. The number of aliphatic imine (C=N–C) groups is 1. The van der Waals surface area contributed by atoms with Gasteiger partial charge >= 0.3 is 0 Å². The van der Waals surface area contributed by atoms with Crippen molar-refractivity contribution in [2.24, 2.45) is 4.99 Å². The molecule has 1 aromatic carbocycles. The highest BCUT2D eigenvalue weighted by molar-refractivity contribution is 6.03. The molecule has 0 spiro atoms. The second kappa shape index (κ2) is 3.35. The first kappa shape index (κ1) is 10.1. The van der Waals surface area contributed by atoms with Crippen LogP contribution in [0.1, 0.15) is 37.4 Å². The van der Waals surface area contributed by atoms with Crippen LogP contribution in [0.2, 0.25) is 0 Å². The number of aromatic nitrogens is 1. The fraction of sp³-hybridized carbons (Fsp3) is 0.312. The van der Waals surface area contributed by atoms with Crippen molar-refractivity contribution in [1.82, 2.24) is 4.57 Å². The van der Waals surface area contributed by atoms with Gasteiger partial charge in [0.1, 0.15) is 0 Å². The maximum absolute atomic E-state index is 4.79. The molecule has 0 bridgehead atoms.